The van der Waals surface area contributed by atoms with Crippen molar-refractivity contribution in [2.24, 2.45) is 11.7 Å². The molecule has 8 nitrogen and oxygen atoms in total. The van der Waals surface area contributed by atoms with Crippen molar-refractivity contribution in [3.63, 3.8) is 0 Å². The minimum atomic E-state index is -0.584. The molecule has 1 aromatic heterocycles. The molecule has 4 rings (SSSR count). The van der Waals surface area contributed by atoms with Crippen molar-refractivity contribution >= 4 is 29.0 Å². The third-order valence-corrected chi connectivity index (χ3v) is 6.13. The Labute approximate surface area is 187 Å². The summed E-state index contributed by atoms with van der Waals surface area (Å²) in [6, 6.07) is 5.72. The molecule has 2 unspecified atom stereocenters. The second-order valence-electron chi connectivity index (χ2n) is 8.49. The summed E-state index contributed by atoms with van der Waals surface area (Å²) in [5.74, 6) is -1.09. The minimum Gasteiger partial charge on any atom is -0.369 e. The van der Waals surface area contributed by atoms with Crippen LogP contribution in [0.5, 0.6) is 0 Å². The molecule has 2 aromatic rings. The number of carbonyl (C=O) groups excluding carboxylic acids is 1. The van der Waals surface area contributed by atoms with Gasteiger partial charge in [0.25, 0.3) is 0 Å². The molecule has 1 aromatic carbocycles. The predicted molar refractivity (Wildman–Crippen MR) is 125 cm³/mol. The maximum atomic E-state index is 14.4. The predicted octanol–water partition coefficient (Wildman–Crippen LogP) is 2.65. The Morgan fingerprint density at radius 1 is 1.25 bits per heavy atom. The third-order valence-electron chi connectivity index (χ3n) is 6.13. The Balaban J connectivity index is 1.48. The monoisotopic (exact) mass is 439 g/mol. The first-order valence-electron chi connectivity index (χ1n) is 11.0. The molecule has 1 amide bonds. The number of hydrogen-bond donors (Lipinski definition) is 3. The van der Waals surface area contributed by atoms with Crippen LogP contribution in [0.4, 0.5) is 27.5 Å². The van der Waals surface area contributed by atoms with Crippen molar-refractivity contribution in [3.05, 3.63) is 47.9 Å². The zero-order valence-corrected chi connectivity index (χ0v) is 18.5. The number of allylic oxidation sites excluding steroid dienone is 1. The van der Waals surface area contributed by atoms with E-state index in [1.165, 1.54) is 5.69 Å². The number of aryl methyl sites for hydroxylation is 1. The molecule has 0 bridgehead atoms. The molecule has 4 N–H and O–H groups in total. The van der Waals surface area contributed by atoms with Gasteiger partial charge >= 0.3 is 0 Å². The number of nitrogens with two attached hydrogens (primary N) is 1. The molecule has 0 saturated carbocycles. The first-order chi connectivity index (χ1) is 15.4. The Morgan fingerprint density at radius 2 is 2.03 bits per heavy atom. The number of nitrogens with one attached hydrogen (secondary N) is 2. The summed E-state index contributed by atoms with van der Waals surface area (Å²) in [4.78, 5) is 24.8. The Kier molecular flexibility index (Phi) is 6.55. The normalized spacial score (nSPS) is 21.4. The quantitative estimate of drug-likeness (QED) is 0.595. The number of piperazine rings is 1. The minimum absolute atomic E-state index is 0.0380. The smallest absolute Gasteiger partial charge is 0.229 e. The Bertz CT molecular complexity index is 1000. The summed E-state index contributed by atoms with van der Waals surface area (Å²) in [7, 11) is 2.14. The summed E-state index contributed by atoms with van der Waals surface area (Å²) >= 11 is 0. The van der Waals surface area contributed by atoms with E-state index in [1.54, 1.807) is 0 Å². The Hall–Kier alpha value is -3.20. The fraction of sp³-hybridized carbons (Fsp3) is 0.435. The molecule has 0 spiro atoms. The van der Waals surface area contributed by atoms with Crippen LogP contribution < -0.4 is 21.3 Å². The van der Waals surface area contributed by atoms with Crippen LogP contribution in [0.2, 0.25) is 0 Å². The first kappa shape index (κ1) is 22.0. The molecule has 32 heavy (non-hydrogen) atoms. The highest BCUT2D eigenvalue weighted by Gasteiger charge is 2.27. The molecule has 2 heterocycles. The van der Waals surface area contributed by atoms with Gasteiger partial charge < -0.3 is 26.2 Å². The molecular weight excluding hydrogens is 409 g/mol. The number of benzene rings is 1. The lowest BCUT2D eigenvalue weighted by Crippen LogP contribution is -2.44. The van der Waals surface area contributed by atoms with Gasteiger partial charge in [-0.3, -0.25) is 4.79 Å². The van der Waals surface area contributed by atoms with E-state index in [4.69, 9.17) is 5.73 Å². The van der Waals surface area contributed by atoms with Crippen molar-refractivity contribution in [1.82, 2.24) is 14.9 Å². The van der Waals surface area contributed by atoms with Crippen molar-refractivity contribution < 1.29 is 9.18 Å². The summed E-state index contributed by atoms with van der Waals surface area (Å²) in [5.41, 5.74) is 8.70. The van der Waals surface area contributed by atoms with Gasteiger partial charge in [0.15, 0.2) is 11.6 Å². The standard InChI is InChI=1S/C23H30FN7O/c1-15-13-16(7-8-20(15)31-11-9-30(2)10-12-31)27-23-26-14-18(24)22(29-23)28-19-6-4-3-5-17(19)21(25)32/h4,6-8,13-14,17,19H,3,5,9-12H2,1-2H3,(H2,25,32)(H2,26,27,28,29). The van der Waals surface area contributed by atoms with Gasteiger partial charge in [0.1, 0.15) is 0 Å². The second kappa shape index (κ2) is 9.52. The van der Waals surface area contributed by atoms with Crippen LogP contribution in [0.15, 0.2) is 36.5 Å². The maximum absolute atomic E-state index is 14.4. The average Bonchev–Trinajstić information content (AvgIpc) is 2.77. The number of rotatable bonds is 6. The van der Waals surface area contributed by atoms with E-state index in [0.29, 0.717) is 6.42 Å². The molecule has 170 valence electrons. The number of nitrogens with zero attached hydrogens (tertiary/aromatic N) is 4. The van der Waals surface area contributed by atoms with Crippen LogP contribution in [-0.4, -0.2) is 60.0 Å². The largest absolute Gasteiger partial charge is 0.369 e. The maximum Gasteiger partial charge on any atom is 0.229 e. The van der Waals surface area contributed by atoms with E-state index in [0.717, 1.165) is 50.0 Å². The van der Waals surface area contributed by atoms with Crippen molar-refractivity contribution in [3.8, 4) is 0 Å². The lowest BCUT2D eigenvalue weighted by Gasteiger charge is -2.35. The van der Waals surface area contributed by atoms with Crippen molar-refractivity contribution in [1.29, 1.82) is 0 Å². The summed E-state index contributed by atoms with van der Waals surface area (Å²) in [6.07, 6.45) is 6.32. The molecule has 1 fully saturated rings. The van der Waals surface area contributed by atoms with Gasteiger partial charge in [-0.05, 0) is 50.6 Å². The number of likely N-dealkylation sites (N-methyl/N-ethyl adjacent to an activating group) is 1. The lowest BCUT2D eigenvalue weighted by atomic mass is 9.89. The second-order valence-corrected chi connectivity index (χ2v) is 8.49. The zero-order valence-electron chi connectivity index (χ0n) is 18.5. The number of primary amides is 1. The highest BCUT2D eigenvalue weighted by Crippen LogP contribution is 2.27. The van der Waals surface area contributed by atoms with Crippen LogP contribution in [0.1, 0.15) is 18.4 Å². The fourth-order valence-electron chi connectivity index (χ4n) is 4.25. The Morgan fingerprint density at radius 3 is 2.75 bits per heavy atom. The van der Waals surface area contributed by atoms with Gasteiger partial charge in [0, 0.05) is 37.6 Å². The molecule has 0 radical (unpaired) electrons. The van der Waals surface area contributed by atoms with Gasteiger partial charge in [-0.1, -0.05) is 12.2 Å². The topological polar surface area (TPSA) is 99.4 Å². The van der Waals surface area contributed by atoms with Crippen molar-refractivity contribution in [2.45, 2.75) is 25.8 Å². The summed E-state index contributed by atoms with van der Waals surface area (Å²) < 4.78 is 14.4. The lowest BCUT2D eigenvalue weighted by molar-refractivity contribution is -0.122. The molecular formula is C23H30FN7O. The number of hydrogen-bond acceptors (Lipinski definition) is 7. The number of amides is 1. The molecule has 1 aliphatic heterocycles. The van der Waals surface area contributed by atoms with Crippen LogP contribution >= 0.6 is 0 Å². The van der Waals surface area contributed by atoms with Crippen LogP contribution in [0.25, 0.3) is 0 Å². The number of aromatic nitrogens is 2. The van der Waals surface area contributed by atoms with Gasteiger partial charge in [0.2, 0.25) is 11.9 Å². The van der Waals surface area contributed by atoms with Crippen LogP contribution in [0.3, 0.4) is 0 Å². The SMILES string of the molecule is Cc1cc(Nc2ncc(F)c(NC3C=CCCC3C(N)=O)n2)ccc1N1CCN(C)CC1. The first-order valence-corrected chi connectivity index (χ1v) is 11.0. The van der Waals surface area contributed by atoms with Crippen LogP contribution in [0, 0.1) is 18.7 Å². The van der Waals surface area contributed by atoms with E-state index in [-0.39, 0.29) is 11.8 Å². The summed E-state index contributed by atoms with van der Waals surface area (Å²) in [5, 5.41) is 6.16. The number of carbonyl (C=O) groups is 1. The average molecular weight is 440 g/mol. The highest BCUT2D eigenvalue weighted by molar-refractivity contribution is 5.78. The molecule has 9 heteroatoms. The van der Waals surface area contributed by atoms with Gasteiger partial charge in [-0.25, -0.2) is 9.37 Å². The van der Waals surface area contributed by atoms with Gasteiger partial charge in [-0.2, -0.15) is 4.98 Å². The van der Waals surface area contributed by atoms with E-state index in [2.05, 4.69) is 50.4 Å². The third kappa shape index (κ3) is 4.99. The number of anilines is 4. The van der Waals surface area contributed by atoms with Crippen LogP contribution in [-0.2, 0) is 4.79 Å². The van der Waals surface area contributed by atoms with E-state index in [1.807, 2.05) is 24.3 Å². The van der Waals surface area contributed by atoms with Gasteiger partial charge in [-0.15, -0.1) is 0 Å². The molecule has 1 aliphatic carbocycles. The number of halogens is 1. The molecule has 2 atom stereocenters. The zero-order chi connectivity index (χ0) is 22.7. The van der Waals surface area contributed by atoms with E-state index in [9.17, 15) is 9.18 Å². The highest BCUT2D eigenvalue weighted by atomic mass is 19.1. The van der Waals surface area contributed by atoms with Crippen molar-refractivity contribution in [2.75, 3.05) is 48.8 Å². The summed E-state index contributed by atoms with van der Waals surface area (Å²) in [6.45, 7) is 6.18. The molecule has 1 saturated heterocycles. The fourth-order valence-corrected chi connectivity index (χ4v) is 4.25. The van der Waals surface area contributed by atoms with Gasteiger partial charge in [0.05, 0.1) is 18.2 Å². The van der Waals surface area contributed by atoms with E-state index >= 15 is 0 Å². The van der Waals surface area contributed by atoms with E-state index < -0.39 is 23.7 Å². The molecule has 2 aliphatic rings.